The van der Waals surface area contributed by atoms with E-state index < -0.39 is 64.4 Å². The SMILES string of the molecule is CN(C)c1cc(-c2nc3ccccc3[nH]2)c(O)c2c1C[C@H]1C[C@H]3C(N(C)C)C(=O)C(C(N)=O)C(=O)[C@@]3(O)C(=O)C1C2=O. The minimum atomic E-state index is -2.77. The molecule has 42 heavy (non-hydrogen) atoms. The average Bonchev–Trinajstić information content (AvgIpc) is 3.34. The Morgan fingerprint density at radius 1 is 1.10 bits per heavy atom. The number of phenols is 1. The van der Waals surface area contributed by atoms with Gasteiger partial charge < -0.3 is 25.8 Å². The summed E-state index contributed by atoms with van der Waals surface area (Å²) in [6, 6.07) is 7.87. The summed E-state index contributed by atoms with van der Waals surface area (Å²) in [5.41, 5.74) is 5.32. The molecule has 1 amide bonds. The van der Waals surface area contributed by atoms with Gasteiger partial charge in [-0.05, 0) is 56.6 Å². The van der Waals surface area contributed by atoms with E-state index in [0.717, 1.165) is 5.52 Å². The number of likely N-dealkylation sites (N-methyl/N-ethyl adjacent to an activating group) is 1. The van der Waals surface area contributed by atoms with Crippen molar-refractivity contribution in [1.29, 1.82) is 0 Å². The summed E-state index contributed by atoms with van der Waals surface area (Å²) >= 11 is 0. The maximum atomic E-state index is 14.2. The van der Waals surface area contributed by atoms with Gasteiger partial charge in [0.05, 0.1) is 34.1 Å². The van der Waals surface area contributed by atoms with Crippen LogP contribution >= 0.6 is 0 Å². The van der Waals surface area contributed by atoms with Crippen molar-refractivity contribution in [3.05, 3.63) is 41.5 Å². The van der Waals surface area contributed by atoms with Crippen molar-refractivity contribution < 1.29 is 34.2 Å². The number of carbonyl (C=O) groups is 5. The number of aromatic amines is 1. The number of Topliss-reactive ketones (excluding diaryl/α,β-unsaturated/α-hetero) is 4. The van der Waals surface area contributed by atoms with Gasteiger partial charge in [0.2, 0.25) is 5.91 Å². The number of fused-ring (bicyclic) bond motifs is 4. The molecule has 1 heterocycles. The zero-order valence-electron chi connectivity index (χ0n) is 23.5. The summed E-state index contributed by atoms with van der Waals surface area (Å²) in [5, 5.41) is 23.3. The van der Waals surface area contributed by atoms with Gasteiger partial charge in [-0.3, -0.25) is 28.9 Å². The Morgan fingerprint density at radius 2 is 1.79 bits per heavy atom. The van der Waals surface area contributed by atoms with Crippen molar-refractivity contribution in [3.8, 4) is 17.1 Å². The largest absolute Gasteiger partial charge is 0.506 e. The quantitative estimate of drug-likeness (QED) is 0.320. The number of nitrogens with two attached hydrogens (primary N) is 1. The van der Waals surface area contributed by atoms with Crippen LogP contribution in [0.25, 0.3) is 22.4 Å². The molecular formula is C30H31N5O7. The second kappa shape index (κ2) is 9.30. The van der Waals surface area contributed by atoms with Crippen LogP contribution in [-0.4, -0.2) is 94.0 Å². The van der Waals surface area contributed by atoms with E-state index in [4.69, 9.17) is 5.73 Å². The van der Waals surface area contributed by atoms with Crippen molar-refractivity contribution in [1.82, 2.24) is 14.9 Å². The van der Waals surface area contributed by atoms with E-state index in [0.29, 0.717) is 22.6 Å². The molecule has 218 valence electrons. The molecule has 2 fully saturated rings. The Labute approximate surface area is 240 Å². The van der Waals surface area contributed by atoms with Gasteiger partial charge in [0.15, 0.2) is 34.7 Å². The van der Waals surface area contributed by atoms with E-state index in [1.807, 2.05) is 18.2 Å². The van der Waals surface area contributed by atoms with Gasteiger partial charge in [-0.15, -0.1) is 0 Å². The molecule has 2 saturated carbocycles. The highest BCUT2D eigenvalue weighted by Crippen LogP contribution is 2.53. The summed E-state index contributed by atoms with van der Waals surface area (Å²) in [4.78, 5) is 78.2. The molecule has 0 spiro atoms. The first kappa shape index (κ1) is 27.7. The van der Waals surface area contributed by atoms with Gasteiger partial charge in [-0.1, -0.05) is 12.1 Å². The van der Waals surface area contributed by atoms with Crippen LogP contribution in [0.4, 0.5) is 5.69 Å². The predicted octanol–water partition coefficient (Wildman–Crippen LogP) is 0.476. The van der Waals surface area contributed by atoms with Crippen molar-refractivity contribution in [2.24, 2.45) is 29.4 Å². The van der Waals surface area contributed by atoms with Crippen LogP contribution in [-0.2, 0) is 25.6 Å². The summed E-state index contributed by atoms with van der Waals surface area (Å²) in [6.07, 6.45) is 0.163. The van der Waals surface area contributed by atoms with Crippen LogP contribution in [0.3, 0.4) is 0 Å². The molecule has 3 unspecified atom stereocenters. The molecule has 12 heteroatoms. The summed E-state index contributed by atoms with van der Waals surface area (Å²) < 4.78 is 0. The monoisotopic (exact) mass is 573 g/mol. The molecule has 6 atom stereocenters. The summed E-state index contributed by atoms with van der Waals surface area (Å²) in [5.74, 6) is -10.5. The maximum absolute atomic E-state index is 14.2. The van der Waals surface area contributed by atoms with Gasteiger partial charge in [0.25, 0.3) is 0 Å². The Morgan fingerprint density at radius 3 is 2.40 bits per heavy atom. The Kier molecular flexibility index (Phi) is 6.14. The highest BCUT2D eigenvalue weighted by Gasteiger charge is 2.69. The minimum Gasteiger partial charge on any atom is -0.506 e. The number of para-hydroxylation sites is 2. The molecule has 12 nitrogen and oxygen atoms in total. The number of aliphatic hydroxyl groups is 1. The molecule has 0 bridgehead atoms. The number of aromatic hydroxyl groups is 1. The van der Waals surface area contributed by atoms with E-state index in [1.54, 1.807) is 45.2 Å². The predicted molar refractivity (Wildman–Crippen MR) is 151 cm³/mol. The fraction of sp³-hybridized carbons (Fsp3) is 0.400. The number of hydrogen-bond donors (Lipinski definition) is 4. The number of amides is 1. The third-order valence-corrected chi connectivity index (χ3v) is 9.16. The number of anilines is 1. The number of phenolic OH excluding ortho intramolecular Hbond substituents is 1. The summed E-state index contributed by atoms with van der Waals surface area (Å²) in [6.45, 7) is 0. The maximum Gasteiger partial charge on any atom is 0.235 e. The molecule has 5 N–H and O–H groups in total. The first-order chi connectivity index (χ1) is 19.8. The van der Waals surface area contributed by atoms with Crippen LogP contribution in [0, 0.1) is 23.7 Å². The van der Waals surface area contributed by atoms with Crippen molar-refractivity contribution >= 4 is 45.8 Å². The molecule has 0 radical (unpaired) electrons. The molecule has 1 aromatic heterocycles. The molecule has 2 aromatic carbocycles. The fourth-order valence-corrected chi connectivity index (χ4v) is 7.31. The Balaban J connectivity index is 1.52. The van der Waals surface area contributed by atoms with E-state index >= 15 is 0 Å². The minimum absolute atomic E-state index is 0.0111. The zero-order chi connectivity index (χ0) is 30.4. The van der Waals surface area contributed by atoms with Crippen LogP contribution in [0.5, 0.6) is 5.75 Å². The zero-order valence-corrected chi connectivity index (χ0v) is 23.5. The molecular weight excluding hydrogens is 542 g/mol. The molecule has 6 rings (SSSR count). The van der Waals surface area contributed by atoms with Gasteiger partial charge >= 0.3 is 0 Å². The average molecular weight is 574 g/mol. The number of nitrogens with one attached hydrogen (secondary N) is 1. The lowest BCUT2D eigenvalue weighted by Gasteiger charge is -2.52. The number of rotatable bonds is 4. The number of ketones is 4. The van der Waals surface area contributed by atoms with Gasteiger partial charge in [-0.25, -0.2) is 4.98 Å². The first-order valence-corrected chi connectivity index (χ1v) is 13.6. The second-order valence-corrected chi connectivity index (χ2v) is 11.9. The Bertz CT molecular complexity index is 1690. The second-order valence-electron chi connectivity index (χ2n) is 11.9. The van der Waals surface area contributed by atoms with Crippen LogP contribution in [0.2, 0.25) is 0 Å². The number of hydrogen-bond acceptors (Lipinski definition) is 10. The molecule has 3 aliphatic carbocycles. The molecule has 3 aliphatic rings. The lowest BCUT2D eigenvalue weighted by Crippen LogP contribution is -2.74. The number of imidazole rings is 1. The molecule has 3 aromatic rings. The van der Waals surface area contributed by atoms with Crippen LogP contribution < -0.4 is 10.6 Å². The van der Waals surface area contributed by atoms with E-state index in [1.165, 1.54) is 4.90 Å². The van der Waals surface area contributed by atoms with E-state index in [2.05, 4.69) is 9.97 Å². The highest BCUT2D eigenvalue weighted by atomic mass is 16.3. The first-order valence-electron chi connectivity index (χ1n) is 13.6. The number of carbonyl (C=O) groups excluding carboxylic acids is 5. The lowest BCUT2D eigenvalue weighted by molar-refractivity contribution is -0.181. The number of benzene rings is 2. The van der Waals surface area contributed by atoms with Crippen LogP contribution in [0.15, 0.2) is 30.3 Å². The van der Waals surface area contributed by atoms with E-state index in [9.17, 15) is 34.2 Å². The number of primary amides is 1. The number of aromatic nitrogens is 2. The third-order valence-electron chi connectivity index (χ3n) is 9.16. The fourth-order valence-electron chi connectivity index (χ4n) is 7.31. The number of H-pyrrole nitrogens is 1. The van der Waals surface area contributed by atoms with Gasteiger partial charge in [0.1, 0.15) is 11.6 Å². The van der Waals surface area contributed by atoms with Crippen LogP contribution in [0.1, 0.15) is 22.3 Å². The van der Waals surface area contributed by atoms with Gasteiger partial charge in [0, 0.05) is 25.7 Å². The van der Waals surface area contributed by atoms with Crippen molar-refractivity contribution in [2.75, 3.05) is 33.1 Å². The van der Waals surface area contributed by atoms with Gasteiger partial charge in [-0.2, -0.15) is 0 Å². The smallest absolute Gasteiger partial charge is 0.235 e. The topological polar surface area (TPSA) is 187 Å². The number of nitrogens with zero attached hydrogens (tertiary/aromatic N) is 3. The highest BCUT2D eigenvalue weighted by molar-refractivity contribution is 6.32. The Hall–Kier alpha value is -4.42. The normalized spacial score (nSPS) is 29.0. The third kappa shape index (κ3) is 3.61. The van der Waals surface area contributed by atoms with Crippen molar-refractivity contribution in [3.63, 3.8) is 0 Å². The van der Waals surface area contributed by atoms with E-state index in [-0.39, 0.29) is 29.7 Å². The lowest BCUT2D eigenvalue weighted by atomic mass is 9.52. The van der Waals surface area contributed by atoms with Crippen molar-refractivity contribution in [2.45, 2.75) is 24.5 Å². The molecule has 0 saturated heterocycles. The standard InChI is InChI=1S/C30H31N5O7/c1-34(2)18-11-14(29-32-16-7-5-6-8-17(16)33-29)23(36)20-13(18)9-12-10-15-22(35(3)4)25(38)21(28(31)41)27(40)30(15,42)26(39)19(12)24(20)37/h5-8,11-12,15,19,21-22,36,42H,9-10H2,1-4H3,(H2,31,41)(H,32,33)/t12-,15-,19?,21?,22?,30-/m0/s1. The summed E-state index contributed by atoms with van der Waals surface area (Å²) in [7, 11) is 6.69. The molecule has 0 aliphatic heterocycles.